The molecule has 2 bridgehead atoms. The lowest BCUT2D eigenvalue weighted by Crippen LogP contribution is -2.57. The number of fused-ring (bicyclic) bond motifs is 2. The maximum atomic E-state index is 11.4. The number of rotatable bonds is 1. The molecular weight excluding hydrogens is 165 g/mol. The van der Waals surface area contributed by atoms with Gasteiger partial charge in [0.1, 0.15) is 5.78 Å². The van der Waals surface area contributed by atoms with E-state index in [1.54, 1.807) is 6.82 Å². The quantitative estimate of drug-likeness (QED) is 0.604. The van der Waals surface area contributed by atoms with Crippen LogP contribution in [0, 0.1) is 0 Å². The van der Waals surface area contributed by atoms with Crippen molar-refractivity contribution in [2.45, 2.75) is 51.0 Å². The Bertz CT molecular complexity index is 244. The lowest BCUT2D eigenvalue weighted by atomic mass is 9.74. The van der Waals surface area contributed by atoms with Crippen LogP contribution in [-0.4, -0.2) is 34.2 Å². The van der Waals surface area contributed by atoms with Gasteiger partial charge in [-0.15, -0.1) is 0 Å². The lowest BCUT2D eigenvalue weighted by molar-refractivity contribution is -0.124. The highest BCUT2D eigenvalue weighted by atomic mass is 16.2. The lowest BCUT2D eigenvalue weighted by Gasteiger charge is -2.42. The van der Waals surface area contributed by atoms with E-state index in [1.165, 1.54) is 0 Å². The maximum Gasteiger partial charge on any atom is 0.377 e. The Labute approximate surface area is 79.2 Å². The van der Waals surface area contributed by atoms with E-state index in [9.17, 15) is 9.82 Å². The van der Waals surface area contributed by atoms with Crippen molar-refractivity contribution in [1.29, 1.82) is 0 Å². The van der Waals surface area contributed by atoms with Crippen molar-refractivity contribution in [1.82, 2.24) is 4.81 Å². The van der Waals surface area contributed by atoms with Crippen LogP contribution in [0.25, 0.3) is 0 Å². The fourth-order valence-corrected chi connectivity index (χ4v) is 3.08. The van der Waals surface area contributed by atoms with Gasteiger partial charge in [0, 0.05) is 24.4 Å². The van der Waals surface area contributed by atoms with E-state index in [0.717, 1.165) is 12.8 Å². The maximum absolute atomic E-state index is 11.4. The summed E-state index contributed by atoms with van der Waals surface area (Å²) in [6.45, 7) is 3.89. The van der Waals surface area contributed by atoms with Crippen LogP contribution in [0.5, 0.6) is 0 Å². The molecule has 4 heteroatoms. The van der Waals surface area contributed by atoms with Crippen LogP contribution >= 0.6 is 0 Å². The fraction of sp³-hybridized carbons (Fsp3) is 0.889. The molecule has 2 rings (SSSR count). The average molecular weight is 181 g/mol. The Hall–Kier alpha value is -0.345. The molecule has 0 aliphatic carbocycles. The highest BCUT2D eigenvalue weighted by Crippen LogP contribution is 2.42. The minimum absolute atomic E-state index is 0.0613. The summed E-state index contributed by atoms with van der Waals surface area (Å²) in [7, 11) is -0.411. The summed E-state index contributed by atoms with van der Waals surface area (Å²) in [6, 6.07) is 0.297. The first-order chi connectivity index (χ1) is 6.03. The third kappa shape index (κ3) is 1.32. The molecule has 0 spiro atoms. The number of Topliss-reactive ketones (excluding diaryl/α,β-unsaturated/α-hetero) is 1. The Balaban J connectivity index is 2.26. The molecule has 2 fully saturated rings. The second kappa shape index (κ2) is 2.82. The Kier molecular flexibility index (Phi) is 2.00. The molecule has 2 aliphatic rings. The predicted molar refractivity (Wildman–Crippen MR) is 51.3 cm³/mol. The molecule has 2 atom stereocenters. The van der Waals surface area contributed by atoms with Gasteiger partial charge in [0.25, 0.3) is 0 Å². The molecular formula is C9H16BNO2. The number of carbonyl (C=O) groups excluding carboxylic acids is 1. The standard InChI is InChI=1S/C9H16BNO2/c1-9-4-3-7(5-8(12)6-9)11(9)10(2)13/h7,13H,3-6H2,1-2H3/t7?,9-/m0/s1. The number of hydrogen-bond acceptors (Lipinski definition) is 3. The summed E-state index contributed by atoms with van der Waals surface area (Å²) in [5.74, 6) is 0.363. The first kappa shape index (κ1) is 9.22. The van der Waals surface area contributed by atoms with Gasteiger partial charge in [0.2, 0.25) is 0 Å². The van der Waals surface area contributed by atoms with Gasteiger partial charge >= 0.3 is 7.05 Å². The number of carbonyl (C=O) groups is 1. The predicted octanol–water partition coefficient (Wildman–Crippen LogP) is 0.683. The Morgan fingerprint density at radius 2 is 2.38 bits per heavy atom. The van der Waals surface area contributed by atoms with Gasteiger partial charge in [0.05, 0.1) is 0 Å². The minimum Gasteiger partial charge on any atom is -0.437 e. The first-order valence-corrected chi connectivity index (χ1v) is 5.01. The Morgan fingerprint density at radius 1 is 1.69 bits per heavy atom. The van der Waals surface area contributed by atoms with Gasteiger partial charge in [-0.2, -0.15) is 0 Å². The summed E-state index contributed by atoms with van der Waals surface area (Å²) >= 11 is 0. The van der Waals surface area contributed by atoms with Crippen molar-refractivity contribution in [2.75, 3.05) is 0 Å². The Morgan fingerprint density at radius 3 is 2.92 bits per heavy atom. The second-order valence-corrected chi connectivity index (χ2v) is 4.65. The SMILES string of the molecule is CB(O)N1C2CC[C@@]1(C)CC(=O)C2. The van der Waals surface area contributed by atoms with E-state index in [4.69, 9.17) is 0 Å². The number of nitrogens with zero attached hydrogens (tertiary/aromatic N) is 1. The van der Waals surface area contributed by atoms with Crippen LogP contribution in [0.4, 0.5) is 0 Å². The van der Waals surface area contributed by atoms with E-state index in [2.05, 4.69) is 11.7 Å². The zero-order chi connectivity index (χ0) is 9.64. The van der Waals surface area contributed by atoms with Crippen LogP contribution in [0.1, 0.15) is 32.6 Å². The van der Waals surface area contributed by atoms with Crippen molar-refractivity contribution >= 4 is 12.8 Å². The molecule has 1 unspecified atom stereocenters. The van der Waals surface area contributed by atoms with Gasteiger partial charge < -0.3 is 9.83 Å². The van der Waals surface area contributed by atoms with E-state index in [-0.39, 0.29) is 5.54 Å². The van der Waals surface area contributed by atoms with Crippen molar-refractivity contribution in [3.05, 3.63) is 0 Å². The van der Waals surface area contributed by atoms with Gasteiger partial charge in [0.15, 0.2) is 0 Å². The summed E-state index contributed by atoms with van der Waals surface area (Å²) in [5, 5.41) is 9.62. The second-order valence-electron chi connectivity index (χ2n) is 4.65. The highest BCUT2D eigenvalue weighted by Gasteiger charge is 2.50. The largest absolute Gasteiger partial charge is 0.437 e. The molecule has 1 N–H and O–H groups in total. The minimum atomic E-state index is -0.411. The average Bonchev–Trinajstić information content (AvgIpc) is 2.19. The molecule has 0 aromatic carbocycles. The monoisotopic (exact) mass is 181 g/mol. The zero-order valence-corrected chi connectivity index (χ0v) is 8.29. The van der Waals surface area contributed by atoms with Crippen molar-refractivity contribution in [3.8, 4) is 0 Å². The van der Waals surface area contributed by atoms with Gasteiger partial charge in [-0.25, -0.2) is 0 Å². The van der Waals surface area contributed by atoms with Crippen molar-refractivity contribution < 1.29 is 9.82 Å². The normalized spacial score (nSPS) is 39.6. The first-order valence-electron chi connectivity index (χ1n) is 5.01. The topological polar surface area (TPSA) is 40.5 Å². The molecule has 2 heterocycles. The van der Waals surface area contributed by atoms with Crippen molar-refractivity contribution in [3.63, 3.8) is 0 Å². The number of piperidine rings is 1. The smallest absolute Gasteiger partial charge is 0.377 e. The molecule has 72 valence electrons. The van der Waals surface area contributed by atoms with E-state index < -0.39 is 7.05 Å². The fourth-order valence-electron chi connectivity index (χ4n) is 3.08. The molecule has 0 radical (unpaired) electrons. The molecule has 13 heavy (non-hydrogen) atoms. The molecule has 2 saturated heterocycles. The van der Waals surface area contributed by atoms with Gasteiger partial charge in [-0.1, -0.05) is 0 Å². The van der Waals surface area contributed by atoms with Crippen LogP contribution in [0.3, 0.4) is 0 Å². The molecule has 3 nitrogen and oxygen atoms in total. The third-order valence-electron chi connectivity index (χ3n) is 3.48. The highest BCUT2D eigenvalue weighted by molar-refractivity contribution is 6.45. The van der Waals surface area contributed by atoms with Crippen LogP contribution in [0.15, 0.2) is 0 Å². The summed E-state index contributed by atoms with van der Waals surface area (Å²) in [6.07, 6.45) is 3.37. The summed E-state index contributed by atoms with van der Waals surface area (Å²) in [4.78, 5) is 13.5. The molecule has 0 aromatic heterocycles. The van der Waals surface area contributed by atoms with Crippen LogP contribution in [-0.2, 0) is 4.79 Å². The van der Waals surface area contributed by atoms with E-state index >= 15 is 0 Å². The van der Waals surface area contributed by atoms with Gasteiger partial charge in [-0.3, -0.25) is 4.79 Å². The van der Waals surface area contributed by atoms with Crippen LogP contribution < -0.4 is 0 Å². The van der Waals surface area contributed by atoms with E-state index in [1.807, 2.05) is 0 Å². The molecule has 2 aliphatic heterocycles. The summed E-state index contributed by atoms with van der Waals surface area (Å²) < 4.78 is 0. The molecule has 0 amide bonds. The summed E-state index contributed by atoms with van der Waals surface area (Å²) in [5.41, 5.74) is -0.0613. The third-order valence-corrected chi connectivity index (χ3v) is 3.48. The zero-order valence-electron chi connectivity index (χ0n) is 8.29. The number of ketones is 1. The van der Waals surface area contributed by atoms with Crippen LogP contribution in [0.2, 0.25) is 6.82 Å². The molecule has 0 saturated carbocycles. The number of hydrogen-bond donors (Lipinski definition) is 1. The van der Waals surface area contributed by atoms with Gasteiger partial charge in [-0.05, 0) is 26.6 Å². The molecule has 0 aromatic rings. The van der Waals surface area contributed by atoms with Crippen molar-refractivity contribution in [2.24, 2.45) is 0 Å². The van der Waals surface area contributed by atoms with E-state index in [0.29, 0.717) is 24.7 Å².